The van der Waals surface area contributed by atoms with Crippen LogP contribution in [0.5, 0.6) is 0 Å². The van der Waals surface area contributed by atoms with Gasteiger partial charge in [0.15, 0.2) is 0 Å². The molecule has 0 aliphatic heterocycles. The number of rotatable bonds is 5. The van der Waals surface area contributed by atoms with Gasteiger partial charge >= 0.3 is 0 Å². The number of aromatic nitrogens is 2. The summed E-state index contributed by atoms with van der Waals surface area (Å²) in [5.41, 5.74) is 1.60. The number of hydrogen-bond donors (Lipinski definition) is 0. The average molecular weight is 197 g/mol. The minimum Gasteiger partial charge on any atom is -0.345 e. The van der Waals surface area contributed by atoms with E-state index in [1.54, 1.807) is 11.7 Å². The SMILES string of the molecule is CCCCN(C)c1nccn1C=S. The van der Waals surface area contributed by atoms with Crippen LogP contribution in [0.2, 0.25) is 0 Å². The third kappa shape index (κ3) is 2.52. The highest BCUT2D eigenvalue weighted by atomic mass is 32.1. The molecule has 0 saturated carbocycles. The van der Waals surface area contributed by atoms with Crippen molar-refractivity contribution in [1.29, 1.82) is 0 Å². The topological polar surface area (TPSA) is 21.1 Å². The number of nitrogens with zero attached hydrogens (tertiary/aromatic N) is 3. The van der Waals surface area contributed by atoms with Crippen molar-refractivity contribution in [3.05, 3.63) is 12.4 Å². The van der Waals surface area contributed by atoms with Gasteiger partial charge in [-0.25, -0.2) is 4.98 Å². The van der Waals surface area contributed by atoms with E-state index < -0.39 is 0 Å². The Hall–Kier alpha value is -0.900. The van der Waals surface area contributed by atoms with Gasteiger partial charge in [-0.3, -0.25) is 4.57 Å². The fourth-order valence-electron chi connectivity index (χ4n) is 1.18. The molecule has 0 spiro atoms. The molecule has 1 rings (SSSR count). The second kappa shape index (κ2) is 4.97. The van der Waals surface area contributed by atoms with Crippen LogP contribution in [0, 0.1) is 0 Å². The Labute approximate surface area is 84.4 Å². The van der Waals surface area contributed by atoms with Crippen molar-refractivity contribution >= 4 is 23.7 Å². The zero-order chi connectivity index (χ0) is 9.68. The molecule has 4 heteroatoms. The van der Waals surface area contributed by atoms with E-state index in [4.69, 9.17) is 12.2 Å². The molecule has 0 N–H and O–H groups in total. The van der Waals surface area contributed by atoms with Crippen LogP contribution >= 0.6 is 12.2 Å². The third-order valence-corrected chi connectivity index (χ3v) is 2.18. The van der Waals surface area contributed by atoms with E-state index in [1.807, 2.05) is 17.8 Å². The predicted molar refractivity (Wildman–Crippen MR) is 59.5 cm³/mol. The van der Waals surface area contributed by atoms with E-state index >= 15 is 0 Å². The molecular formula is C9H15N3S. The molecule has 1 heterocycles. The number of imidazole rings is 1. The first-order valence-electron chi connectivity index (χ1n) is 4.49. The summed E-state index contributed by atoms with van der Waals surface area (Å²) in [4.78, 5) is 6.35. The van der Waals surface area contributed by atoms with Gasteiger partial charge < -0.3 is 4.90 Å². The van der Waals surface area contributed by atoms with Crippen LogP contribution < -0.4 is 4.90 Å². The van der Waals surface area contributed by atoms with E-state index in [9.17, 15) is 0 Å². The quantitative estimate of drug-likeness (QED) is 0.673. The summed E-state index contributed by atoms with van der Waals surface area (Å²) in [5, 5.41) is 0. The second-order valence-electron chi connectivity index (χ2n) is 3.02. The molecule has 72 valence electrons. The molecule has 0 atom stereocenters. The van der Waals surface area contributed by atoms with Gasteiger partial charge in [-0.2, -0.15) is 0 Å². The lowest BCUT2D eigenvalue weighted by molar-refractivity contribution is 0.749. The Balaban J connectivity index is 2.64. The van der Waals surface area contributed by atoms with Crippen molar-refractivity contribution in [2.24, 2.45) is 0 Å². The van der Waals surface area contributed by atoms with Crippen molar-refractivity contribution in [2.45, 2.75) is 19.8 Å². The van der Waals surface area contributed by atoms with Crippen LogP contribution in [0.3, 0.4) is 0 Å². The molecular weight excluding hydrogens is 182 g/mol. The first kappa shape index (κ1) is 10.2. The molecule has 0 aliphatic carbocycles. The fraction of sp³-hybridized carbons (Fsp3) is 0.556. The van der Waals surface area contributed by atoms with Gasteiger partial charge in [-0.05, 0) is 6.42 Å². The van der Waals surface area contributed by atoms with Crippen LogP contribution in [-0.4, -0.2) is 28.6 Å². The van der Waals surface area contributed by atoms with Gasteiger partial charge in [0, 0.05) is 26.0 Å². The molecule has 0 amide bonds. The number of unbranched alkanes of at least 4 members (excludes halogenated alkanes) is 1. The van der Waals surface area contributed by atoms with Crippen molar-refractivity contribution in [3.8, 4) is 0 Å². The van der Waals surface area contributed by atoms with E-state index in [2.05, 4.69) is 16.8 Å². The van der Waals surface area contributed by atoms with E-state index in [0.29, 0.717) is 0 Å². The van der Waals surface area contributed by atoms with Crippen molar-refractivity contribution in [1.82, 2.24) is 9.55 Å². The Bertz CT molecular complexity index is 270. The summed E-state index contributed by atoms with van der Waals surface area (Å²) in [5.74, 6) is 0.920. The molecule has 0 saturated heterocycles. The Kier molecular flexibility index (Phi) is 3.89. The number of anilines is 1. The molecule has 0 fully saturated rings. The minimum atomic E-state index is 0.920. The Morgan fingerprint density at radius 3 is 3.08 bits per heavy atom. The molecule has 0 radical (unpaired) electrons. The first-order valence-corrected chi connectivity index (χ1v) is 4.96. The lowest BCUT2D eigenvalue weighted by Crippen LogP contribution is -2.22. The van der Waals surface area contributed by atoms with Gasteiger partial charge in [-0.1, -0.05) is 25.6 Å². The van der Waals surface area contributed by atoms with E-state index in [-0.39, 0.29) is 0 Å². The summed E-state index contributed by atoms with van der Waals surface area (Å²) in [6.07, 6.45) is 6.01. The molecule has 0 aromatic carbocycles. The van der Waals surface area contributed by atoms with Crippen molar-refractivity contribution < 1.29 is 0 Å². The summed E-state index contributed by atoms with van der Waals surface area (Å²) < 4.78 is 1.85. The number of thiocarbonyl (C=S) groups is 1. The summed E-state index contributed by atoms with van der Waals surface area (Å²) in [6.45, 7) is 3.20. The zero-order valence-corrected chi connectivity index (χ0v) is 8.92. The summed E-state index contributed by atoms with van der Waals surface area (Å²) in [6, 6.07) is 0. The van der Waals surface area contributed by atoms with Crippen LogP contribution in [0.4, 0.5) is 5.95 Å². The third-order valence-electron chi connectivity index (χ3n) is 1.95. The van der Waals surface area contributed by atoms with Gasteiger partial charge in [-0.15, -0.1) is 0 Å². The smallest absolute Gasteiger partial charge is 0.210 e. The molecule has 1 aromatic heterocycles. The molecule has 13 heavy (non-hydrogen) atoms. The lowest BCUT2D eigenvalue weighted by atomic mass is 10.3. The molecule has 3 nitrogen and oxygen atoms in total. The fourth-order valence-corrected chi connectivity index (χ4v) is 1.34. The van der Waals surface area contributed by atoms with Gasteiger partial charge in [0.1, 0.15) is 0 Å². The highest BCUT2D eigenvalue weighted by molar-refractivity contribution is 7.78. The summed E-state index contributed by atoms with van der Waals surface area (Å²) >= 11 is 4.86. The normalized spacial score (nSPS) is 10.0. The standard InChI is InChI=1S/C9H15N3S/c1-3-4-6-11(2)9-10-5-7-12(9)8-13/h5,7-8H,3-4,6H2,1-2H3. The molecule has 0 aliphatic rings. The molecule has 0 bridgehead atoms. The summed E-state index contributed by atoms with van der Waals surface area (Å²) in [7, 11) is 2.04. The predicted octanol–water partition coefficient (Wildman–Crippen LogP) is 1.92. The lowest BCUT2D eigenvalue weighted by Gasteiger charge is -2.17. The highest BCUT2D eigenvalue weighted by Crippen LogP contribution is 2.08. The van der Waals surface area contributed by atoms with Gasteiger partial charge in [0.05, 0.1) is 5.49 Å². The Morgan fingerprint density at radius 1 is 1.69 bits per heavy atom. The van der Waals surface area contributed by atoms with E-state index in [1.165, 1.54) is 12.8 Å². The van der Waals surface area contributed by atoms with Crippen molar-refractivity contribution in [2.75, 3.05) is 18.5 Å². The van der Waals surface area contributed by atoms with Crippen molar-refractivity contribution in [3.63, 3.8) is 0 Å². The first-order chi connectivity index (χ1) is 6.29. The van der Waals surface area contributed by atoms with E-state index in [0.717, 1.165) is 12.5 Å². The van der Waals surface area contributed by atoms with Crippen LogP contribution in [0.25, 0.3) is 0 Å². The van der Waals surface area contributed by atoms with Crippen LogP contribution in [0.1, 0.15) is 19.8 Å². The average Bonchev–Trinajstić information content (AvgIpc) is 2.61. The zero-order valence-electron chi connectivity index (χ0n) is 8.10. The highest BCUT2D eigenvalue weighted by Gasteiger charge is 2.05. The number of hydrogen-bond acceptors (Lipinski definition) is 3. The maximum Gasteiger partial charge on any atom is 0.210 e. The minimum absolute atomic E-state index is 0.920. The van der Waals surface area contributed by atoms with Gasteiger partial charge in [0.25, 0.3) is 0 Å². The monoisotopic (exact) mass is 197 g/mol. The molecule has 1 aromatic rings. The van der Waals surface area contributed by atoms with Crippen LogP contribution in [-0.2, 0) is 0 Å². The maximum absolute atomic E-state index is 4.86. The van der Waals surface area contributed by atoms with Crippen LogP contribution in [0.15, 0.2) is 12.4 Å². The second-order valence-corrected chi connectivity index (χ2v) is 3.23. The largest absolute Gasteiger partial charge is 0.345 e. The van der Waals surface area contributed by atoms with Gasteiger partial charge in [0.2, 0.25) is 5.95 Å². The molecule has 0 unspecified atom stereocenters. The maximum atomic E-state index is 4.86. The Morgan fingerprint density at radius 2 is 2.46 bits per heavy atom.